The summed E-state index contributed by atoms with van der Waals surface area (Å²) in [6.07, 6.45) is 5.42. The van der Waals surface area contributed by atoms with E-state index < -0.39 is 0 Å². The van der Waals surface area contributed by atoms with Crippen molar-refractivity contribution >= 4 is 5.97 Å². The molecule has 0 aromatic heterocycles. The van der Waals surface area contributed by atoms with Gasteiger partial charge in [-0.3, -0.25) is 0 Å². The second kappa shape index (κ2) is 8.51. The Labute approximate surface area is 93.7 Å². The zero-order chi connectivity index (χ0) is 11.7. The van der Waals surface area contributed by atoms with E-state index in [1.165, 1.54) is 12.8 Å². The van der Waals surface area contributed by atoms with Crippen LogP contribution in [0.2, 0.25) is 0 Å². The number of hydrogen-bond donors (Lipinski definition) is 0. The molecule has 0 aliphatic rings. The highest BCUT2D eigenvalue weighted by molar-refractivity contribution is 5.86. The summed E-state index contributed by atoms with van der Waals surface area (Å²) in [5.41, 5.74) is 0.470. The highest BCUT2D eigenvalue weighted by Crippen LogP contribution is 2.16. The summed E-state index contributed by atoms with van der Waals surface area (Å²) in [7, 11) is 0. The molecule has 0 heterocycles. The summed E-state index contributed by atoms with van der Waals surface area (Å²) < 4.78 is 5.02. The summed E-state index contributed by atoms with van der Waals surface area (Å²) >= 11 is 0. The molecule has 2 heteroatoms. The fraction of sp³-hybridized carbons (Fsp3) is 0.692. The van der Waals surface area contributed by atoms with Crippen molar-refractivity contribution in [1.29, 1.82) is 0 Å². The van der Waals surface area contributed by atoms with Gasteiger partial charge >= 0.3 is 5.97 Å². The molecule has 0 saturated carbocycles. The molecule has 0 bridgehead atoms. The Morgan fingerprint density at radius 1 is 1.40 bits per heavy atom. The van der Waals surface area contributed by atoms with Crippen molar-refractivity contribution in [3.8, 4) is 0 Å². The summed E-state index contributed by atoms with van der Waals surface area (Å²) in [5.74, 6) is 0.398. The van der Waals surface area contributed by atoms with Crippen LogP contribution >= 0.6 is 0 Å². The van der Waals surface area contributed by atoms with Crippen LogP contribution in [-0.2, 0) is 9.53 Å². The summed E-state index contributed by atoms with van der Waals surface area (Å²) in [6.45, 7) is 11.8. The van der Waals surface area contributed by atoms with Gasteiger partial charge in [0.25, 0.3) is 0 Å². The van der Waals surface area contributed by atoms with Crippen LogP contribution in [0, 0.1) is 12.8 Å². The van der Waals surface area contributed by atoms with E-state index in [4.69, 9.17) is 4.74 Å². The van der Waals surface area contributed by atoms with Gasteiger partial charge in [0.05, 0.1) is 6.61 Å². The van der Waals surface area contributed by atoms with Crippen LogP contribution in [0.15, 0.2) is 12.2 Å². The molecule has 0 fully saturated rings. The SMILES string of the molecule is [CH2]CC(CCC)CCCOC(=O)C(=C)C. The molecule has 0 aliphatic carbocycles. The third-order valence-corrected chi connectivity index (χ3v) is 2.44. The lowest BCUT2D eigenvalue weighted by Crippen LogP contribution is -2.08. The Balaban J connectivity index is 3.52. The summed E-state index contributed by atoms with van der Waals surface area (Å²) in [4.78, 5) is 11.0. The standard InChI is InChI=1S/C13H23O2/c1-5-8-12(6-2)9-7-10-15-13(14)11(3)4/h12H,2-3,5-10H2,1,4H3. The van der Waals surface area contributed by atoms with Gasteiger partial charge in [-0.25, -0.2) is 4.79 Å². The fourth-order valence-electron chi connectivity index (χ4n) is 1.50. The Hall–Kier alpha value is -0.790. The highest BCUT2D eigenvalue weighted by Gasteiger charge is 2.06. The van der Waals surface area contributed by atoms with Crippen molar-refractivity contribution in [1.82, 2.24) is 0 Å². The number of carbonyl (C=O) groups is 1. The minimum absolute atomic E-state index is 0.281. The largest absolute Gasteiger partial charge is 0.462 e. The van der Waals surface area contributed by atoms with Crippen molar-refractivity contribution < 1.29 is 9.53 Å². The predicted molar refractivity (Wildman–Crippen MR) is 63.4 cm³/mol. The minimum atomic E-state index is -0.281. The van der Waals surface area contributed by atoms with Gasteiger partial charge in [0.1, 0.15) is 0 Å². The minimum Gasteiger partial charge on any atom is -0.462 e. The molecular formula is C13H23O2. The first-order chi connectivity index (χ1) is 7.11. The average molecular weight is 211 g/mol. The molecule has 0 amide bonds. The topological polar surface area (TPSA) is 26.3 Å². The van der Waals surface area contributed by atoms with Crippen LogP contribution in [0.5, 0.6) is 0 Å². The molecule has 0 aliphatic heterocycles. The molecule has 2 nitrogen and oxygen atoms in total. The monoisotopic (exact) mass is 211 g/mol. The smallest absolute Gasteiger partial charge is 0.333 e. The first-order valence-electron chi connectivity index (χ1n) is 5.73. The van der Waals surface area contributed by atoms with Gasteiger partial charge < -0.3 is 4.74 Å². The molecule has 1 radical (unpaired) electrons. The molecule has 1 atom stereocenters. The van der Waals surface area contributed by atoms with Crippen LogP contribution in [0.1, 0.15) is 46.0 Å². The van der Waals surface area contributed by atoms with Crippen LogP contribution in [0.3, 0.4) is 0 Å². The second-order valence-corrected chi connectivity index (χ2v) is 4.00. The van der Waals surface area contributed by atoms with Crippen LogP contribution in [0.25, 0.3) is 0 Å². The van der Waals surface area contributed by atoms with Crippen LogP contribution in [-0.4, -0.2) is 12.6 Å². The van der Waals surface area contributed by atoms with E-state index in [1.54, 1.807) is 6.92 Å². The van der Waals surface area contributed by atoms with Crippen molar-refractivity contribution in [3.63, 3.8) is 0 Å². The molecule has 0 spiro atoms. The normalized spacial score (nSPS) is 12.2. The van der Waals surface area contributed by atoms with Gasteiger partial charge in [-0.05, 0) is 25.7 Å². The van der Waals surface area contributed by atoms with E-state index in [0.717, 1.165) is 19.3 Å². The van der Waals surface area contributed by atoms with Gasteiger partial charge in [-0.1, -0.05) is 39.7 Å². The molecule has 15 heavy (non-hydrogen) atoms. The Morgan fingerprint density at radius 3 is 2.53 bits per heavy atom. The Morgan fingerprint density at radius 2 is 2.07 bits per heavy atom. The molecule has 0 aromatic rings. The van der Waals surface area contributed by atoms with Crippen molar-refractivity contribution in [2.45, 2.75) is 46.0 Å². The maximum absolute atomic E-state index is 11.0. The van der Waals surface area contributed by atoms with E-state index >= 15 is 0 Å². The van der Waals surface area contributed by atoms with Gasteiger partial charge in [-0.2, -0.15) is 0 Å². The lowest BCUT2D eigenvalue weighted by atomic mass is 9.96. The van der Waals surface area contributed by atoms with Crippen molar-refractivity contribution in [3.05, 3.63) is 19.1 Å². The first kappa shape index (κ1) is 14.2. The lowest BCUT2D eigenvalue weighted by Gasteiger charge is -2.13. The summed E-state index contributed by atoms with van der Waals surface area (Å²) in [6, 6.07) is 0. The van der Waals surface area contributed by atoms with E-state index in [2.05, 4.69) is 20.4 Å². The van der Waals surface area contributed by atoms with E-state index in [9.17, 15) is 4.79 Å². The Kier molecular flexibility index (Phi) is 8.06. The van der Waals surface area contributed by atoms with E-state index in [-0.39, 0.29) is 5.97 Å². The van der Waals surface area contributed by atoms with Gasteiger partial charge in [0.2, 0.25) is 0 Å². The molecule has 87 valence electrons. The molecule has 1 unspecified atom stereocenters. The maximum Gasteiger partial charge on any atom is 0.333 e. The zero-order valence-electron chi connectivity index (χ0n) is 10.1. The Bertz CT molecular complexity index is 197. The predicted octanol–water partition coefficient (Wildman–Crippen LogP) is 3.53. The third-order valence-electron chi connectivity index (χ3n) is 2.44. The number of carbonyl (C=O) groups excluding carboxylic acids is 1. The molecule has 0 saturated heterocycles. The summed E-state index contributed by atoms with van der Waals surface area (Å²) in [5, 5.41) is 0. The molecule has 0 N–H and O–H groups in total. The quantitative estimate of drug-likeness (QED) is 0.349. The fourth-order valence-corrected chi connectivity index (χ4v) is 1.50. The van der Waals surface area contributed by atoms with Gasteiger partial charge in [-0.15, -0.1) is 0 Å². The van der Waals surface area contributed by atoms with Crippen molar-refractivity contribution in [2.75, 3.05) is 6.61 Å². The third kappa shape index (κ3) is 7.18. The number of esters is 1. The zero-order valence-corrected chi connectivity index (χ0v) is 10.1. The number of ether oxygens (including phenoxy) is 1. The van der Waals surface area contributed by atoms with Crippen molar-refractivity contribution in [2.24, 2.45) is 5.92 Å². The lowest BCUT2D eigenvalue weighted by molar-refractivity contribution is -0.139. The highest BCUT2D eigenvalue weighted by atomic mass is 16.5. The van der Waals surface area contributed by atoms with Gasteiger partial charge in [0.15, 0.2) is 0 Å². The first-order valence-corrected chi connectivity index (χ1v) is 5.73. The second-order valence-electron chi connectivity index (χ2n) is 4.00. The van der Waals surface area contributed by atoms with Crippen LogP contribution < -0.4 is 0 Å². The van der Waals surface area contributed by atoms with Gasteiger partial charge in [0, 0.05) is 5.57 Å². The average Bonchev–Trinajstić information content (AvgIpc) is 2.22. The van der Waals surface area contributed by atoms with Crippen LogP contribution in [0.4, 0.5) is 0 Å². The number of hydrogen-bond acceptors (Lipinski definition) is 2. The molecule has 0 rings (SSSR count). The molecule has 0 aromatic carbocycles. The molecular weight excluding hydrogens is 188 g/mol. The maximum atomic E-state index is 11.0. The number of rotatable bonds is 8. The van der Waals surface area contributed by atoms with E-state index in [0.29, 0.717) is 18.1 Å². The van der Waals surface area contributed by atoms with E-state index in [1.807, 2.05) is 0 Å².